The lowest BCUT2D eigenvalue weighted by atomic mass is 10.0. The zero-order chi connectivity index (χ0) is 17.2. The van der Waals surface area contributed by atoms with Crippen molar-refractivity contribution in [1.29, 1.82) is 0 Å². The molecule has 0 heterocycles. The van der Waals surface area contributed by atoms with Gasteiger partial charge in [-0.05, 0) is 56.4 Å². The fourth-order valence-corrected chi connectivity index (χ4v) is 3.24. The van der Waals surface area contributed by atoms with Gasteiger partial charge in [0, 0.05) is 0 Å². The van der Waals surface area contributed by atoms with Crippen molar-refractivity contribution in [3.8, 4) is 5.75 Å². The predicted molar refractivity (Wildman–Crippen MR) is 109 cm³/mol. The standard InChI is InChI=1S/C12H10O.C12H8/c1-2-9-3-4-11-8-12(13)6-5-10(11)7-9;1-3-9-4-2-6-11-8-7-10(5-1)12(9)11/h2-8,13H,1H2;1-8H. The minimum atomic E-state index is 0.304. The van der Waals surface area contributed by atoms with Crippen LogP contribution >= 0.6 is 0 Å². The van der Waals surface area contributed by atoms with Crippen molar-refractivity contribution in [2.24, 2.45) is 0 Å². The van der Waals surface area contributed by atoms with Crippen LogP contribution in [0.25, 0.3) is 39.8 Å². The summed E-state index contributed by atoms with van der Waals surface area (Å²) in [6, 6.07) is 24.2. The van der Waals surface area contributed by atoms with Crippen LogP contribution < -0.4 is 0 Å². The first kappa shape index (κ1) is 15.2. The molecule has 0 saturated carbocycles. The molecule has 0 spiro atoms. The molecule has 1 N–H and O–H groups in total. The van der Waals surface area contributed by atoms with Crippen LogP contribution in [0.2, 0.25) is 0 Å². The van der Waals surface area contributed by atoms with Gasteiger partial charge in [-0.2, -0.15) is 0 Å². The van der Waals surface area contributed by atoms with Crippen molar-refractivity contribution < 1.29 is 5.11 Å². The third-order valence-electron chi connectivity index (χ3n) is 4.50. The number of hydrogen-bond acceptors (Lipinski definition) is 1. The Labute approximate surface area is 147 Å². The average molecular weight is 322 g/mol. The molecular formula is C24H18O. The maximum Gasteiger partial charge on any atom is 0.116 e. The van der Waals surface area contributed by atoms with Crippen LogP contribution in [0.15, 0.2) is 79.4 Å². The van der Waals surface area contributed by atoms with Gasteiger partial charge < -0.3 is 5.11 Å². The quantitative estimate of drug-likeness (QED) is 0.373. The third-order valence-corrected chi connectivity index (χ3v) is 4.50. The number of phenolic OH excluding ortho intramolecular Hbond substituents is 1. The van der Waals surface area contributed by atoms with Crippen LogP contribution in [0.3, 0.4) is 0 Å². The van der Waals surface area contributed by atoms with Crippen molar-refractivity contribution >= 4 is 39.8 Å². The zero-order valence-electron chi connectivity index (χ0n) is 13.8. The van der Waals surface area contributed by atoms with Gasteiger partial charge in [0.1, 0.15) is 5.75 Å². The minimum Gasteiger partial charge on any atom is -0.508 e. The molecule has 0 amide bonds. The Morgan fingerprint density at radius 2 is 1.32 bits per heavy atom. The van der Waals surface area contributed by atoms with Crippen molar-refractivity contribution in [2.45, 2.75) is 0 Å². The third kappa shape index (κ3) is 2.92. The van der Waals surface area contributed by atoms with Gasteiger partial charge in [-0.1, -0.05) is 79.4 Å². The number of aromatic hydroxyl groups is 1. The summed E-state index contributed by atoms with van der Waals surface area (Å²) in [4.78, 5) is 0. The number of hydrogen-bond donors (Lipinski definition) is 1. The summed E-state index contributed by atoms with van der Waals surface area (Å²) in [6.07, 6.45) is 6.17. The highest BCUT2D eigenvalue weighted by Crippen LogP contribution is 2.30. The lowest BCUT2D eigenvalue weighted by Gasteiger charge is -1.99. The highest BCUT2D eigenvalue weighted by molar-refractivity contribution is 6.04. The monoisotopic (exact) mass is 322 g/mol. The van der Waals surface area contributed by atoms with Crippen LogP contribution in [-0.4, -0.2) is 5.11 Å². The molecule has 0 radical (unpaired) electrons. The number of phenols is 1. The molecule has 4 aromatic rings. The summed E-state index contributed by atoms with van der Waals surface area (Å²) < 4.78 is 0. The van der Waals surface area contributed by atoms with Crippen molar-refractivity contribution in [3.63, 3.8) is 0 Å². The van der Waals surface area contributed by atoms with Gasteiger partial charge in [0.2, 0.25) is 0 Å². The molecule has 1 aliphatic carbocycles. The van der Waals surface area contributed by atoms with Gasteiger partial charge in [0.15, 0.2) is 0 Å². The SMILES string of the molecule is C1=Cc2cccc3cccc1c23.C=Cc1ccc2cc(O)ccc2c1. The second kappa shape index (κ2) is 6.29. The first-order valence-corrected chi connectivity index (χ1v) is 8.30. The average Bonchev–Trinajstić information content (AvgIpc) is 3.07. The van der Waals surface area contributed by atoms with Crippen molar-refractivity contribution in [2.75, 3.05) is 0 Å². The van der Waals surface area contributed by atoms with E-state index >= 15 is 0 Å². The molecule has 120 valence electrons. The summed E-state index contributed by atoms with van der Waals surface area (Å²) in [6.45, 7) is 3.71. The van der Waals surface area contributed by atoms with Gasteiger partial charge in [-0.3, -0.25) is 0 Å². The van der Waals surface area contributed by atoms with E-state index in [4.69, 9.17) is 0 Å². The number of fused-ring (bicyclic) bond motifs is 1. The molecule has 0 aromatic heterocycles. The summed E-state index contributed by atoms with van der Waals surface area (Å²) in [5.74, 6) is 0.304. The number of benzene rings is 4. The minimum absolute atomic E-state index is 0.304. The fraction of sp³-hybridized carbons (Fsp3) is 0. The normalized spacial score (nSPS) is 11.4. The van der Waals surface area contributed by atoms with E-state index in [1.807, 2.05) is 30.3 Å². The molecule has 0 fully saturated rings. The molecule has 1 aliphatic rings. The van der Waals surface area contributed by atoms with Crippen LogP contribution in [0.4, 0.5) is 0 Å². The number of rotatable bonds is 1. The lowest BCUT2D eigenvalue weighted by Crippen LogP contribution is -1.76. The summed E-state index contributed by atoms with van der Waals surface area (Å²) in [5, 5.41) is 14.1. The topological polar surface area (TPSA) is 20.2 Å². The first-order chi connectivity index (χ1) is 12.2. The molecule has 1 nitrogen and oxygen atoms in total. The second-order valence-corrected chi connectivity index (χ2v) is 6.12. The van der Waals surface area contributed by atoms with E-state index in [0.717, 1.165) is 16.3 Å². The van der Waals surface area contributed by atoms with E-state index < -0.39 is 0 Å². The summed E-state index contributed by atoms with van der Waals surface area (Å²) >= 11 is 0. The molecule has 0 atom stereocenters. The Balaban J connectivity index is 0.000000126. The fourth-order valence-electron chi connectivity index (χ4n) is 3.24. The maximum atomic E-state index is 9.24. The maximum absolute atomic E-state index is 9.24. The highest BCUT2D eigenvalue weighted by Gasteiger charge is 2.06. The van der Waals surface area contributed by atoms with E-state index in [1.165, 1.54) is 21.9 Å². The Kier molecular flexibility index (Phi) is 3.83. The second-order valence-electron chi connectivity index (χ2n) is 6.12. The van der Waals surface area contributed by atoms with Crippen LogP contribution in [0.1, 0.15) is 16.7 Å². The lowest BCUT2D eigenvalue weighted by molar-refractivity contribution is 0.476. The summed E-state index contributed by atoms with van der Waals surface area (Å²) in [5.41, 5.74) is 3.80. The van der Waals surface area contributed by atoms with Gasteiger partial charge in [0.05, 0.1) is 0 Å². The molecule has 4 aromatic carbocycles. The zero-order valence-corrected chi connectivity index (χ0v) is 13.8. The van der Waals surface area contributed by atoms with Gasteiger partial charge in [-0.25, -0.2) is 0 Å². The molecule has 25 heavy (non-hydrogen) atoms. The highest BCUT2D eigenvalue weighted by atomic mass is 16.3. The van der Waals surface area contributed by atoms with Gasteiger partial charge in [-0.15, -0.1) is 0 Å². The molecular weight excluding hydrogens is 304 g/mol. The van der Waals surface area contributed by atoms with E-state index in [2.05, 4.69) is 55.1 Å². The van der Waals surface area contributed by atoms with Crippen LogP contribution in [0, 0.1) is 0 Å². The molecule has 5 rings (SSSR count). The molecule has 0 aliphatic heterocycles. The van der Waals surface area contributed by atoms with Crippen LogP contribution in [0.5, 0.6) is 5.75 Å². The van der Waals surface area contributed by atoms with E-state index in [0.29, 0.717) is 5.75 Å². The Hall–Kier alpha value is -3.32. The van der Waals surface area contributed by atoms with E-state index in [1.54, 1.807) is 12.1 Å². The van der Waals surface area contributed by atoms with Crippen molar-refractivity contribution in [1.82, 2.24) is 0 Å². The predicted octanol–water partition coefficient (Wildman–Crippen LogP) is 6.51. The largest absolute Gasteiger partial charge is 0.508 e. The Morgan fingerprint density at radius 3 is 2.00 bits per heavy atom. The van der Waals surface area contributed by atoms with E-state index in [-0.39, 0.29) is 0 Å². The van der Waals surface area contributed by atoms with Crippen molar-refractivity contribution in [3.05, 3.63) is 96.1 Å². The first-order valence-electron chi connectivity index (χ1n) is 8.30. The Bertz CT molecular complexity index is 1080. The molecule has 0 bridgehead atoms. The van der Waals surface area contributed by atoms with Crippen LogP contribution in [-0.2, 0) is 0 Å². The Morgan fingerprint density at radius 1 is 0.680 bits per heavy atom. The van der Waals surface area contributed by atoms with E-state index in [9.17, 15) is 5.11 Å². The molecule has 0 unspecified atom stereocenters. The molecule has 0 saturated heterocycles. The van der Waals surface area contributed by atoms with Gasteiger partial charge in [0.25, 0.3) is 0 Å². The van der Waals surface area contributed by atoms with Gasteiger partial charge >= 0.3 is 0 Å². The summed E-state index contributed by atoms with van der Waals surface area (Å²) in [7, 11) is 0. The smallest absolute Gasteiger partial charge is 0.116 e. The molecule has 1 heteroatoms.